The van der Waals surface area contributed by atoms with E-state index in [0.29, 0.717) is 11.3 Å². The van der Waals surface area contributed by atoms with E-state index in [0.717, 1.165) is 67.2 Å². The third kappa shape index (κ3) is 7.71. The van der Waals surface area contributed by atoms with Gasteiger partial charge in [-0.2, -0.15) is 0 Å². The Hall–Kier alpha value is -6.16. The molecule has 4 heterocycles. The summed E-state index contributed by atoms with van der Waals surface area (Å²) in [5.41, 5.74) is 15.7. The fourth-order valence-corrected chi connectivity index (χ4v) is 7.98. The van der Waals surface area contributed by atoms with Crippen LogP contribution in [-0.2, 0) is 31.9 Å². The number of aromatic nitrogens is 4. The molecule has 0 spiro atoms. The van der Waals surface area contributed by atoms with Gasteiger partial charge in [-0.05, 0) is 88.0 Å². The van der Waals surface area contributed by atoms with Crippen LogP contribution in [-0.4, -0.2) is 24.6 Å². The van der Waals surface area contributed by atoms with Crippen molar-refractivity contribution >= 4 is 21.8 Å². The van der Waals surface area contributed by atoms with Gasteiger partial charge < -0.3 is 9.67 Å². The predicted molar refractivity (Wildman–Crippen MR) is 244 cm³/mol. The number of benzene rings is 5. The minimum Gasteiger partial charge on any atom is -0.507 e. The van der Waals surface area contributed by atoms with Gasteiger partial charge in [0.1, 0.15) is 5.75 Å². The topological polar surface area (TPSA) is 63.8 Å². The van der Waals surface area contributed by atoms with Gasteiger partial charge in [-0.15, -0.1) is 24.3 Å². The molecule has 300 valence electrons. The third-order valence-electron chi connectivity index (χ3n) is 11.2. The molecule has 0 unspecified atom stereocenters. The van der Waals surface area contributed by atoms with Crippen molar-refractivity contribution in [1.29, 1.82) is 0 Å². The number of phenolic OH excluding ortho intramolecular Hbond substituents is 1. The number of aromatic hydroxyl groups is 1. The summed E-state index contributed by atoms with van der Waals surface area (Å²) in [5, 5.41) is 13.4. The van der Waals surface area contributed by atoms with Crippen LogP contribution in [0, 0.1) is 13.0 Å². The Morgan fingerprint density at radius 2 is 1.17 bits per heavy atom. The summed E-state index contributed by atoms with van der Waals surface area (Å²) < 4.78 is 2.32. The van der Waals surface area contributed by atoms with E-state index in [1.165, 1.54) is 21.9 Å². The number of hydrogen-bond acceptors (Lipinski definition) is 4. The Morgan fingerprint density at radius 1 is 0.550 bits per heavy atom. The average molecular weight is 963 g/mol. The Kier molecular flexibility index (Phi) is 10.7. The minimum absolute atomic E-state index is 0. The molecule has 0 amide bonds. The van der Waals surface area contributed by atoms with Gasteiger partial charge in [0, 0.05) is 71.9 Å². The van der Waals surface area contributed by atoms with Crippen molar-refractivity contribution < 1.29 is 26.2 Å². The van der Waals surface area contributed by atoms with Crippen LogP contribution >= 0.6 is 0 Å². The maximum Gasteiger partial charge on any atom is 0.124 e. The Bertz CT molecular complexity index is 3010. The zero-order valence-corrected chi connectivity index (χ0v) is 37.3. The largest absolute Gasteiger partial charge is 0.507 e. The maximum absolute atomic E-state index is 11.0. The van der Waals surface area contributed by atoms with E-state index < -0.39 is 0 Å². The van der Waals surface area contributed by atoms with E-state index in [2.05, 4.69) is 155 Å². The first-order valence-corrected chi connectivity index (χ1v) is 20.2. The quantitative estimate of drug-likeness (QED) is 0.169. The number of rotatable bonds is 6. The zero-order chi connectivity index (χ0) is 41.1. The predicted octanol–water partition coefficient (Wildman–Crippen LogP) is 13.7. The van der Waals surface area contributed by atoms with Gasteiger partial charge >= 0.3 is 0 Å². The Balaban J connectivity index is 0.00000499. The fraction of sp³-hybridized carbons (Fsp3) is 0.167. The minimum atomic E-state index is -0.0457. The molecule has 5 nitrogen and oxygen atoms in total. The molecule has 0 radical (unpaired) electrons. The summed E-state index contributed by atoms with van der Waals surface area (Å²) >= 11 is 0. The number of fused-ring (bicyclic) bond motifs is 3. The molecule has 6 heteroatoms. The number of pyridine rings is 3. The van der Waals surface area contributed by atoms with Gasteiger partial charge in [-0.1, -0.05) is 132 Å². The zero-order valence-electron chi connectivity index (χ0n) is 35.0. The van der Waals surface area contributed by atoms with E-state index >= 15 is 0 Å². The monoisotopic (exact) mass is 962 g/mol. The van der Waals surface area contributed by atoms with E-state index in [-0.39, 0.29) is 37.6 Å². The molecule has 9 aromatic rings. The maximum atomic E-state index is 11.0. The molecule has 9 rings (SSSR count). The smallest absolute Gasteiger partial charge is 0.124 e. The van der Waals surface area contributed by atoms with Gasteiger partial charge in [0.05, 0.1) is 22.9 Å². The molecule has 4 aromatic heterocycles. The number of aryl methyl sites for hydroxylation is 1. The van der Waals surface area contributed by atoms with Crippen LogP contribution < -0.4 is 0 Å². The van der Waals surface area contributed by atoms with Crippen LogP contribution in [0.4, 0.5) is 0 Å². The first kappa shape index (κ1) is 40.6. The number of hydrogen-bond donors (Lipinski definition) is 1. The summed E-state index contributed by atoms with van der Waals surface area (Å²) in [4.78, 5) is 14.8. The number of para-hydroxylation sites is 3. The van der Waals surface area contributed by atoms with Crippen molar-refractivity contribution in [2.45, 2.75) is 59.3 Å². The van der Waals surface area contributed by atoms with Crippen LogP contribution in [0.3, 0.4) is 0 Å². The van der Waals surface area contributed by atoms with Gasteiger partial charge in [0.15, 0.2) is 0 Å². The van der Waals surface area contributed by atoms with E-state index in [1.54, 1.807) is 6.07 Å². The molecular weight excluding hydrogens is 916 g/mol. The molecule has 5 aromatic carbocycles. The van der Waals surface area contributed by atoms with Gasteiger partial charge in [-0.25, -0.2) is 0 Å². The molecule has 0 atom stereocenters. The molecule has 60 heavy (non-hydrogen) atoms. The number of phenols is 1. The molecule has 0 bridgehead atoms. The van der Waals surface area contributed by atoms with Crippen LogP contribution in [0.15, 0.2) is 152 Å². The molecule has 0 saturated heterocycles. The van der Waals surface area contributed by atoms with Crippen LogP contribution in [0.5, 0.6) is 5.75 Å². The summed E-state index contributed by atoms with van der Waals surface area (Å²) in [6, 6.07) is 51.9. The number of nitrogens with zero attached hydrogens (tertiary/aromatic N) is 4. The fourth-order valence-electron chi connectivity index (χ4n) is 7.98. The molecule has 0 aliphatic rings. The van der Waals surface area contributed by atoms with E-state index in [4.69, 9.17) is 15.0 Å². The van der Waals surface area contributed by atoms with Crippen LogP contribution in [0.1, 0.15) is 58.4 Å². The Morgan fingerprint density at radius 3 is 1.88 bits per heavy atom. The molecule has 0 fully saturated rings. The summed E-state index contributed by atoms with van der Waals surface area (Å²) in [5.74, 6) is 0.188. The van der Waals surface area contributed by atoms with Gasteiger partial charge in [0.25, 0.3) is 0 Å². The van der Waals surface area contributed by atoms with Gasteiger partial charge in [-0.3, -0.25) is 15.0 Å². The van der Waals surface area contributed by atoms with Crippen molar-refractivity contribution in [2.24, 2.45) is 0 Å². The second-order valence-electron chi connectivity index (χ2n) is 17.6. The molecule has 0 saturated carbocycles. The molecule has 0 aliphatic carbocycles. The average Bonchev–Trinajstić information content (AvgIpc) is 3.57. The first-order valence-electron chi connectivity index (χ1n) is 20.2. The molecular formula is C54H47N4OPt-. The van der Waals surface area contributed by atoms with E-state index in [1.807, 2.05) is 49.6 Å². The first-order chi connectivity index (χ1) is 28.3. The Labute approximate surface area is 367 Å². The molecule has 0 aliphatic heterocycles. The van der Waals surface area contributed by atoms with Crippen molar-refractivity contribution in [3.05, 3.63) is 175 Å². The second kappa shape index (κ2) is 15.8. The van der Waals surface area contributed by atoms with Crippen LogP contribution in [0.2, 0.25) is 0 Å². The van der Waals surface area contributed by atoms with Crippen LogP contribution in [0.25, 0.3) is 83.5 Å². The summed E-state index contributed by atoms with van der Waals surface area (Å²) in [7, 11) is 0. The summed E-state index contributed by atoms with van der Waals surface area (Å²) in [6.45, 7) is 15.6. The summed E-state index contributed by atoms with van der Waals surface area (Å²) in [6.07, 6.45) is 3.87. The molecule has 1 N–H and O–H groups in total. The SMILES string of the molecule is Cc1cc2c3cccc(-c4ccnc(-c5[c-]c(-c6cc(-c7cc(C(C)(C)C)cc(C(C)(C)C)c7)cc(-c7ccccc7O)n6)ccc5)c4)c3n(-c3ccccc3)c2cn1.[Pt]. The van der Waals surface area contributed by atoms with Crippen molar-refractivity contribution in [1.82, 2.24) is 19.5 Å². The normalized spacial score (nSPS) is 11.8. The van der Waals surface area contributed by atoms with Crippen molar-refractivity contribution in [3.63, 3.8) is 0 Å². The van der Waals surface area contributed by atoms with Gasteiger partial charge in [0.2, 0.25) is 0 Å². The second-order valence-corrected chi connectivity index (χ2v) is 17.6. The standard InChI is InChI=1S/C54H47N4O.Pt/c1-34-25-46-44-21-14-20-43(52(44)58(50(46)33-56-34)42-17-9-8-10-18-42)35-23-24-55-47(29-35)36-15-13-16-37(26-36)48-30-39(31-49(57-48)45-19-11-12-22-51(45)59)38-27-40(53(2,3)4)32-41(28-38)54(5,6)7;/h8-25,27-33,59H,1-7H3;/q-1;. The van der Waals surface area contributed by atoms with E-state index in [9.17, 15) is 5.11 Å². The third-order valence-corrected chi connectivity index (χ3v) is 11.2. The van der Waals surface area contributed by atoms with Crippen molar-refractivity contribution in [3.8, 4) is 67.5 Å². The van der Waals surface area contributed by atoms with Crippen molar-refractivity contribution in [2.75, 3.05) is 0 Å².